The normalized spacial score (nSPS) is 18.7. The second kappa shape index (κ2) is 8.07. The molecule has 4 nitrogen and oxygen atoms in total. The first-order chi connectivity index (χ1) is 14.2. The van der Waals surface area contributed by atoms with Crippen molar-refractivity contribution in [1.82, 2.24) is 4.90 Å². The van der Waals surface area contributed by atoms with Gasteiger partial charge in [0.15, 0.2) is 0 Å². The Balaban J connectivity index is 1.25. The Labute approximate surface area is 180 Å². The Hall–Kier alpha value is -1.92. The quantitative estimate of drug-likeness (QED) is 0.720. The van der Waals surface area contributed by atoms with Gasteiger partial charge in [0.25, 0.3) is 5.91 Å². The van der Waals surface area contributed by atoms with Crippen molar-refractivity contribution < 1.29 is 9.53 Å². The molecule has 29 heavy (non-hydrogen) atoms. The van der Waals surface area contributed by atoms with Gasteiger partial charge in [-0.05, 0) is 67.2 Å². The molecule has 5 rings (SSSR count). The van der Waals surface area contributed by atoms with E-state index in [2.05, 4.69) is 23.1 Å². The summed E-state index contributed by atoms with van der Waals surface area (Å²) in [7, 11) is 1.69. The van der Waals surface area contributed by atoms with Crippen LogP contribution in [-0.4, -0.2) is 44.1 Å². The van der Waals surface area contributed by atoms with Gasteiger partial charge in [-0.2, -0.15) is 0 Å². The zero-order valence-electron chi connectivity index (χ0n) is 16.8. The Morgan fingerprint density at radius 2 is 1.76 bits per heavy atom. The molecule has 1 saturated heterocycles. The van der Waals surface area contributed by atoms with Crippen molar-refractivity contribution in [2.75, 3.05) is 38.2 Å². The van der Waals surface area contributed by atoms with Gasteiger partial charge in [0.1, 0.15) is 5.75 Å². The van der Waals surface area contributed by atoms with Crippen molar-refractivity contribution in [3.63, 3.8) is 0 Å². The summed E-state index contributed by atoms with van der Waals surface area (Å²) in [5, 5.41) is 0. The first-order valence-electron chi connectivity index (χ1n) is 10.4. The molecule has 1 amide bonds. The fourth-order valence-electron chi connectivity index (χ4n) is 4.48. The highest BCUT2D eigenvalue weighted by Gasteiger charge is 2.28. The lowest BCUT2D eigenvalue weighted by Gasteiger charge is -2.36. The number of ether oxygens (including phenoxy) is 1. The number of methoxy groups -OCH3 is 1. The van der Waals surface area contributed by atoms with Crippen LogP contribution in [0.4, 0.5) is 5.69 Å². The zero-order chi connectivity index (χ0) is 19.8. The zero-order valence-corrected chi connectivity index (χ0v) is 18.4. The lowest BCUT2D eigenvalue weighted by atomic mass is 9.95. The minimum atomic E-state index is 0.210. The average Bonchev–Trinajstić information content (AvgIpc) is 3.16. The Kier molecular flexibility index (Phi) is 5.31. The van der Waals surface area contributed by atoms with Crippen LogP contribution in [0.15, 0.2) is 29.2 Å². The molecule has 0 radical (unpaired) electrons. The minimum absolute atomic E-state index is 0.210. The highest BCUT2D eigenvalue weighted by atomic mass is 32.2. The summed E-state index contributed by atoms with van der Waals surface area (Å²) in [5.41, 5.74) is 4.30. The molecule has 3 heterocycles. The van der Waals surface area contributed by atoms with Crippen molar-refractivity contribution in [3.8, 4) is 5.75 Å². The van der Waals surface area contributed by atoms with Crippen LogP contribution in [0.3, 0.4) is 0 Å². The first kappa shape index (κ1) is 19.1. The maximum atomic E-state index is 13.1. The molecule has 1 aromatic carbocycles. The van der Waals surface area contributed by atoms with Crippen LogP contribution < -0.4 is 9.64 Å². The predicted octanol–water partition coefficient (Wildman–Crippen LogP) is 4.57. The number of aryl methyl sites for hydroxylation is 1. The van der Waals surface area contributed by atoms with Crippen LogP contribution in [0.2, 0.25) is 0 Å². The van der Waals surface area contributed by atoms with Gasteiger partial charge < -0.3 is 14.5 Å². The smallest absolute Gasteiger partial charge is 0.260 e. The van der Waals surface area contributed by atoms with Crippen LogP contribution in [0, 0.1) is 0 Å². The number of rotatable bonds is 3. The molecule has 0 saturated carbocycles. The first-order valence-corrected chi connectivity index (χ1v) is 12.2. The number of amides is 1. The Morgan fingerprint density at radius 3 is 2.52 bits per heavy atom. The monoisotopic (exact) mass is 426 g/mol. The topological polar surface area (TPSA) is 32.8 Å². The van der Waals surface area contributed by atoms with Crippen LogP contribution in [0.25, 0.3) is 6.08 Å². The van der Waals surface area contributed by atoms with Gasteiger partial charge in [-0.15, -0.1) is 23.1 Å². The van der Waals surface area contributed by atoms with Gasteiger partial charge in [-0.1, -0.05) is 0 Å². The SMILES string of the molecule is COc1ccc(N2CCN(C(=O)C3=Cc4sc5c(c4CS3)CCCC5)CC2)cc1. The lowest BCUT2D eigenvalue weighted by Crippen LogP contribution is -2.49. The van der Waals surface area contributed by atoms with Crippen LogP contribution in [-0.2, 0) is 23.4 Å². The number of fused-ring (bicyclic) bond motifs is 3. The molecular formula is C23H26N2O2S2. The van der Waals surface area contributed by atoms with E-state index in [4.69, 9.17) is 4.74 Å². The largest absolute Gasteiger partial charge is 0.497 e. The number of hydrogen-bond donors (Lipinski definition) is 0. The van der Waals surface area contributed by atoms with Gasteiger partial charge in [0, 0.05) is 47.4 Å². The summed E-state index contributed by atoms with van der Waals surface area (Å²) in [5.74, 6) is 2.05. The summed E-state index contributed by atoms with van der Waals surface area (Å²) in [6.07, 6.45) is 7.25. The number of nitrogens with zero attached hydrogens (tertiary/aromatic N) is 2. The molecule has 0 bridgehead atoms. The van der Waals surface area contributed by atoms with E-state index >= 15 is 0 Å². The molecule has 6 heteroatoms. The van der Waals surface area contributed by atoms with E-state index in [1.165, 1.54) is 41.8 Å². The van der Waals surface area contributed by atoms with E-state index < -0.39 is 0 Å². The van der Waals surface area contributed by atoms with Crippen molar-refractivity contribution in [2.24, 2.45) is 0 Å². The third-order valence-corrected chi connectivity index (χ3v) is 8.48. The maximum absolute atomic E-state index is 13.1. The highest BCUT2D eigenvalue weighted by Crippen LogP contribution is 2.43. The summed E-state index contributed by atoms with van der Waals surface area (Å²) in [6.45, 7) is 3.29. The third kappa shape index (κ3) is 3.68. The predicted molar refractivity (Wildman–Crippen MR) is 122 cm³/mol. The van der Waals surface area contributed by atoms with Crippen LogP contribution in [0.1, 0.15) is 33.7 Å². The van der Waals surface area contributed by atoms with Crippen molar-refractivity contribution in [1.29, 1.82) is 0 Å². The van der Waals surface area contributed by atoms with E-state index in [-0.39, 0.29) is 5.91 Å². The summed E-state index contributed by atoms with van der Waals surface area (Å²) >= 11 is 3.66. The molecule has 0 unspecified atom stereocenters. The molecule has 2 aliphatic heterocycles. The van der Waals surface area contributed by atoms with E-state index in [1.807, 2.05) is 28.4 Å². The fraction of sp³-hybridized carbons (Fsp3) is 0.435. The van der Waals surface area contributed by atoms with Crippen molar-refractivity contribution >= 4 is 40.8 Å². The molecule has 0 spiro atoms. The molecule has 152 valence electrons. The number of hydrogen-bond acceptors (Lipinski definition) is 5. The highest BCUT2D eigenvalue weighted by molar-refractivity contribution is 8.03. The molecule has 1 aromatic heterocycles. The number of benzene rings is 1. The van der Waals surface area contributed by atoms with Crippen LogP contribution in [0.5, 0.6) is 5.75 Å². The van der Waals surface area contributed by atoms with Crippen molar-refractivity contribution in [2.45, 2.75) is 31.4 Å². The third-order valence-electron chi connectivity index (χ3n) is 6.16. The number of anilines is 1. The summed E-state index contributed by atoms with van der Waals surface area (Å²) < 4.78 is 5.24. The lowest BCUT2D eigenvalue weighted by molar-refractivity contribution is -0.126. The number of carbonyl (C=O) groups excluding carboxylic acids is 1. The summed E-state index contributed by atoms with van der Waals surface area (Å²) in [6, 6.07) is 8.18. The van der Waals surface area contributed by atoms with Gasteiger partial charge in [0.2, 0.25) is 0 Å². The van der Waals surface area contributed by atoms with Gasteiger partial charge in [0.05, 0.1) is 12.0 Å². The molecular weight excluding hydrogens is 400 g/mol. The molecule has 3 aliphatic rings. The Morgan fingerprint density at radius 1 is 1.00 bits per heavy atom. The van der Waals surface area contributed by atoms with Gasteiger partial charge >= 0.3 is 0 Å². The fourth-order valence-corrected chi connectivity index (χ4v) is 7.08. The number of carbonyl (C=O) groups is 1. The molecule has 1 fully saturated rings. The van der Waals surface area contributed by atoms with E-state index in [1.54, 1.807) is 29.3 Å². The second-order valence-corrected chi connectivity index (χ2v) is 9.98. The number of thioether (sulfide) groups is 1. The number of piperazine rings is 1. The minimum Gasteiger partial charge on any atom is -0.497 e. The van der Waals surface area contributed by atoms with Gasteiger partial charge in [-0.25, -0.2) is 0 Å². The molecule has 0 N–H and O–H groups in total. The van der Waals surface area contributed by atoms with E-state index in [9.17, 15) is 4.79 Å². The van der Waals surface area contributed by atoms with Gasteiger partial charge in [-0.3, -0.25) is 4.79 Å². The summed E-state index contributed by atoms with van der Waals surface area (Å²) in [4.78, 5) is 21.3. The molecule has 1 aliphatic carbocycles. The van der Waals surface area contributed by atoms with E-state index in [0.29, 0.717) is 0 Å². The Bertz CT molecular complexity index is 941. The molecule has 0 atom stereocenters. The van der Waals surface area contributed by atoms with Crippen LogP contribution >= 0.6 is 23.1 Å². The number of thiophene rings is 1. The molecule has 2 aromatic rings. The standard InChI is InChI=1S/C23H26N2O2S2/c1-27-17-8-6-16(7-9-17)24-10-12-25(13-11-24)23(26)22-14-21-19(15-28-22)18-4-2-3-5-20(18)29-21/h6-9,14H,2-5,10-13,15H2,1H3. The van der Waals surface area contributed by atoms with Crippen molar-refractivity contribution in [3.05, 3.63) is 50.1 Å². The van der Waals surface area contributed by atoms with E-state index in [0.717, 1.165) is 42.6 Å². The second-order valence-electron chi connectivity index (χ2n) is 7.83. The average molecular weight is 427 g/mol. The maximum Gasteiger partial charge on any atom is 0.260 e.